The van der Waals surface area contributed by atoms with Gasteiger partial charge in [0.1, 0.15) is 0 Å². The van der Waals surface area contributed by atoms with Gasteiger partial charge in [0.2, 0.25) is 0 Å². The zero-order valence-electron chi connectivity index (χ0n) is 8.47. The zero-order valence-corrected chi connectivity index (χ0v) is 11.1. The minimum atomic E-state index is -0.910. The van der Waals surface area contributed by atoms with E-state index in [0.717, 1.165) is 5.17 Å². The largest absolute Gasteiger partial charge is 0.368 e. The lowest BCUT2D eigenvalue weighted by molar-refractivity contribution is 1.18. The molecule has 1 N–H and O–H groups in total. The Kier molecular flexibility index (Phi) is 8.41. The van der Waals surface area contributed by atoms with Crippen LogP contribution in [0.4, 0.5) is 0 Å². The van der Waals surface area contributed by atoms with Crippen LogP contribution < -0.4 is 5.32 Å². The van der Waals surface area contributed by atoms with Crippen molar-refractivity contribution in [2.75, 3.05) is 19.5 Å². The fourth-order valence-electron chi connectivity index (χ4n) is 0.533. The van der Waals surface area contributed by atoms with Crippen molar-refractivity contribution in [1.82, 2.24) is 5.32 Å². The predicted molar refractivity (Wildman–Crippen MR) is 65.5 cm³/mol. The lowest BCUT2D eigenvalue weighted by Gasteiger charge is -2.15. The van der Waals surface area contributed by atoms with Crippen LogP contribution in [0.1, 0.15) is 0 Å². The third-order valence-corrected chi connectivity index (χ3v) is 5.76. The van der Waals surface area contributed by atoms with Gasteiger partial charge in [-0.25, -0.2) is 0 Å². The van der Waals surface area contributed by atoms with Gasteiger partial charge in [-0.15, -0.1) is 12.4 Å². The molecule has 0 atom stereocenters. The molecule has 5 heteroatoms. The van der Waals surface area contributed by atoms with E-state index < -0.39 is 8.07 Å². The Hall–Kier alpha value is 0.327. The molecule has 0 unspecified atom stereocenters. The Balaban J connectivity index is 0. The second-order valence-corrected chi connectivity index (χ2v) is 10.6. The molecule has 0 spiro atoms. The fraction of sp³-hybridized carbons (Fsp3) is 0.857. The predicted octanol–water partition coefficient (Wildman–Crippen LogP) is 2.22. The maximum Gasteiger partial charge on any atom is 0.155 e. The summed E-state index contributed by atoms with van der Waals surface area (Å²) in [7, 11) is 2.83. The Labute approximate surface area is 87.0 Å². The van der Waals surface area contributed by atoms with Crippen LogP contribution in [0.2, 0.25) is 19.6 Å². The van der Waals surface area contributed by atoms with Gasteiger partial charge in [-0.3, -0.25) is 4.99 Å². The number of halogens is 1. The minimum Gasteiger partial charge on any atom is -0.368 e. The molecular weight excluding hydrogens is 208 g/mol. The lowest BCUT2D eigenvalue weighted by Crippen LogP contribution is -2.27. The first-order valence-corrected chi connectivity index (χ1v) is 8.46. The molecule has 0 aromatic heterocycles. The molecule has 0 rings (SSSR count). The molecule has 0 fully saturated rings. The monoisotopic (exact) mass is 226 g/mol. The summed E-state index contributed by atoms with van der Waals surface area (Å²) in [5.41, 5.74) is 0. The SMILES string of the molecule is CN=C(NC)SC[Si](C)(C)C.Cl. The number of nitrogens with one attached hydrogen (secondary N) is 1. The molecule has 2 nitrogen and oxygen atoms in total. The first-order valence-electron chi connectivity index (χ1n) is 3.77. The number of hydrogen-bond donors (Lipinski definition) is 1. The Morgan fingerprint density at radius 2 is 1.92 bits per heavy atom. The fourth-order valence-corrected chi connectivity index (χ4v) is 3.09. The highest BCUT2D eigenvalue weighted by Gasteiger charge is 2.13. The van der Waals surface area contributed by atoms with Crippen molar-refractivity contribution in [3.05, 3.63) is 0 Å². The van der Waals surface area contributed by atoms with Crippen molar-refractivity contribution < 1.29 is 0 Å². The van der Waals surface area contributed by atoms with Gasteiger partial charge in [0.25, 0.3) is 0 Å². The van der Waals surface area contributed by atoms with E-state index in [1.807, 2.05) is 25.9 Å². The average Bonchev–Trinajstić information content (AvgIpc) is 1.88. The van der Waals surface area contributed by atoms with Crippen LogP contribution in [0.5, 0.6) is 0 Å². The van der Waals surface area contributed by atoms with E-state index in [4.69, 9.17) is 0 Å². The number of thioether (sulfide) groups is 1. The van der Waals surface area contributed by atoms with E-state index in [2.05, 4.69) is 30.0 Å². The topological polar surface area (TPSA) is 24.4 Å². The van der Waals surface area contributed by atoms with Crippen LogP contribution in [0.25, 0.3) is 0 Å². The van der Waals surface area contributed by atoms with E-state index in [1.54, 1.807) is 0 Å². The third kappa shape index (κ3) is 8.42. The van der Waals surface area contributed by atoms with Crippen molar-refractivity contribution in [1.29, 1.82) is 0 Å². The summed E-state index contributed by atoms with van der Waals surface area (Å²) >= 11 is 1.83. The van der Waals surface area contributed by atoms with Crippen molar-refractivity contribution in [3.8, 4) is 0 Å². The molecule has 74 valence electrons. The van der Waals surface area contributed by atoms with Crippen LogP contribution in [0.15, 0.2) is 4.99 Å². The number of rotatable bonds is 2. The Morgan fingerprint density at radius 1 is 1.42 bits per heavy atom. The Morgan fingerprint density at radius 3 is 2.17 bits per heavy atom. The zero-order chi connectivity index (χ0) is 8.91. The average molecular weight is 227 g/mol. The van der Waals surface area contributed by atoms with Gasteiger partial charge in [-0.1, -0.05) is 31.4 Å². The molecule has 0 heterocycles. The van der Waals surface area contributed by atoms with Crippen LogP contribution in [0, 0.1) is 0 Å². The smallest absolute Gasteiger partial charge is 0.155 e. The highest BCUT2D eigenvalue weighted by atomic mass is 35.5. The second kappa shape index (κ2) is 6.80. The standard InChI is InChI=1S/C7H18N2SSi.ClH/c1-8-7(9-2)10-6-11(3,4)5;/h6H2,1-5H3,(H,8,9);1H. The summed E-state index contributed by atoms with van der Waals surface area (Å²) in [6, 6.07) is 0. The Bertz CT molecular complexity index is 145. The summed E-state index contributed by atoms with van der Waals surface area (Å²) < 4.78 is 0. The quantitative estimate of drug-likeness (QED) is 0.444. The number of amidine groups is 1. The summed E-state index contributed by atoms with van der Waals surface area (Å²) in [5, 5.41) is 5.34. The van der Waals surface area contributed by atoms with Crippen LogP contribution in [0.3, 0.4) is 0 Å². The minimum absolute atomic E-state index is 0. The first-order chi connectivity index (χ1) is 4.99. The molecule has 0 radical (unpaired) electrons. The molecular formula is C7H19ClN2SSi. The maximum absolute atomic E-state index is 4.10. The van der Waals surface area contributed by atoms with Crippen LogP contribution in [-0.2, 0) is 0 Å². The number of aliphatic imine (C=N–C) groups is 1. The van der Waals surface area contributed by atoms with Gasteiger partial charge in [0, 0.05) is 14.1 Å². The van der Waals surface area contributed by atoms with Gasteiger partial charge >= 0.3 is 0 Å². The molecule has 0 bridgehead atoms. The van der Waals surface area contributed by atoms with E-state index >= 15 is 0 Å². The van der Waals surface area contributed by atoms with Gasteiger partial charge in [-0.2, -0.15) is 0 Å². The van der Waals surface area contributed by atoms with Gasteiger partial charge in [-0.05, 0) is 5.38 Å². The number of hydrogen-bond acceptors (Lipinski definition) is 2. The molecule has 0 aliphatic rings. The molecule has 0 aliphatic carbocycles. The highest BCUT2D eigenvalue weighted by Crippen LogP contribution is 2.11. The summed E-state index contributed by atoms with van der Waals surface area (Å²) in [4.78, 5) is 4.10. The van der Waals surface area contributed by atoms with E-state index in [9.17, 15) is 0 Å². The van der Waals surface area contributed by atoms with E-state index in [0.29, 0.717) is 0 Å². The van der Waals surface area contributed by atoms with Gasteiger partial charge in [0.15, 0.2) is 5.17 Å². The summed E-state index contributed by atoms with van der Waals surface area (Å²) in [6.45, 7) is 7.09. The first kappa shape index (κ1) is 14.8. The molecule has 0 saturated carbocycles. The van der Waals surface area contributed by atoms with Crippen molar-refractivity contribution in [3.63, 3.8) is 0 Å². The van der Waals surface area contributed by atoms with Crippen LogP contribution in [-0.4, -0.2) is 32.7 Å². The molecule has 0 amide bonds. The van der Waals surface area contributed by atoms with Crippen LogP contribution >= 0.6 is 24.2 Å². The summed E-state index contributed by atoms with van der Waals surface area (Å²) in [6.07, 6.45) is 0. The molecule has 0 aliphatic heterocycles. The highest BCUT2D eigenvalue weighted by molar-refractivity contribution is 8.15. The lowest BCUT2D eigenvalue weighted by atomic mass is 11.1. The van der Waals surface area contributed by atoms with Gasteiger partial charge < -0.3 is 5.32 Å². The second-order valence-electron chi connectivity index (χ2n) is 3.63. The van der Waals surface area contributed by atoms with E-state index in [1.165, 1.54) is 5.38 Å². The van der Waals surface area contributed by atoms with Gasteiger partial charge in [0.05, 0.1) is 8.07 Å². The summed E-state index contributed by atoms with van der Waals surface area (Å²) in [5.74, 6) is 0. The maximum atomic E-state index is 4.10. The molecule has 0 saturated heterocycles. The van der Waals surface area contributed by atoms with E-state index in [-0.39, 0.29) is 12.4 Å². The van der Waals surface area contributed by atoms with Crippen molar-refractivity contribution in [2.45, 2.75) is 19.6 Å². The normalized spacial score (nSPS) is 12.2. The molecule has 0 aromatic carbocycles. The number of nitrogens with zero attached hydrogens (tertiary/aromatic N) is 1. The van der Waals surface area contributed by atoms with Crippen molar-refractivity contribution in [2.24, 2.45) is 4.99 Å². The third-order valence-electron chi connectivity index (χ3n) is 1.06. The molecule has 0 aromatic rings. The van der Waals surface area contributed by atoms with Crippen molar-refractivity contribution >= 4 is 37.4 Å². The molecule has 12 heavy (non-hydrogen) atoms.